The number of anilines is 1. The standard InChI is InChI=1S/C10H8ClF2N3/c1-4-15-9(10(13)16-4)5-2-3-6(14)7(11)8(5)12/h2-3H,14H2,1H3,(H,15,16). The molecular formula is C10H8ClF2N3. The number of aromatic amines is 1. The molecular weight excluding hydrogens is 236 g/mol. The molecule has 0 fully saturated rings. The molecule has 3 N–H and O–H groups in total. The minimum absolute atomic E-state index is 0.0114. The minimum atomic E-state index is -0.766. The molecule has 0 spiro atoms. The van der Waals surface area contributed by atoms with Gasteiger partial charge >= 0.3 is 0 Å². The Balaban J connectivity index is 2.65. The predicted octanol–water partition coefficient (Wildman–Crippen LogP) is 2.90. The molecule has 84 valence electrons. The van der Waals surface area contributed by atoms with Crippen molar-refractivity contribution < 1.29 is 8.78 Å². The molecule has 0 aliphatic rings. The second-order valence-corrected chi connectivity index (χ2v) is 3.70. The number of nitrogen functional groups attached to an aromatic ring is 1. The summed E-state index contributed by atoms with van der Waals surface area (Å²) in [5.74, 6) is -1.17. The first kappa shape index (κ1) is 10.9. The van der Waals surface area contributed by atoms with Crippen LogP contribution in [0.15, 0.2) is 12.1 Å². The molecule has 2 rings (SSSR count). The Kier molecular flexibility index (Phi) is 2.55. The van der Waals surface area contributed by atoms with Gasteiger partial charge in [0, 0.05) is 5.56 Å². The van der Waals surface area contributed by atoms with Crippen molar-refractivity contribution in [3.8, 4) is 11.3 Å². The van der Waals surface area contributed by atoms with Crippen molar-refractivity contribution in [1.82, 2.24) is 9.97 Å². The highest BCUT2D eigenvalue weighted by atomic mass is 35.5. The summed E-state index contributed by atoms with van der Waals surface area (Å²) in [6.07, 6.45) is 0. The third-order valence-corrected chi connectivity index (χ3v) is 2.54. The number of nitrogens with one attached hydrogen (secondary N) is 1. The van der Waals surface area contributed by atoms with E-state index in [1.165, 1.54) is 12.1 Å². The number of benzene rings is 1. The molecule has 0 saturated carbocycles. The third kappa shape index (κ3) is 1.63. The van der Waals surface area contributed by atoms with E-state index in [0.717, 1.165) is 0 Å². The first-order valence-electron chi connectivity index (χ1n) is 4.46. The summed E-state index contributed by atoms with van der Waals surface area (Å²) >= 11 is 5.64. The summed E-state index contributed by atoms with van der Waals surface area (Å²) in [5.41, 5.74) is 5.51. The Bertz CT molecular complexity index is 551. The lowest BCUT2D eigenvalue weighted by Crippen LogP contribution is -1.93. The summed E-state index contributed by atoms with van der Waals surface area (Å²) in [6.45, 7) is 1.57. The van der Waals surface area contributed by atoms with Gasteiger partial charge in [0.15, 0.2) is 5.82 Å². The van der Waals surface area contributed by atoms with Gasteiger partial charge in [-0.1, -0.05) is 11.6 Å². The number of hydrogen-bond acceptors (Lipinski definition) is 2. The molecule has 0 aliphatic heterocycles. The van der Waals surface area contributed by atoms with Gasteiger partial charge in [-0.3, -0.25) is 0 Å². The molecule has 0 radical (unpaired) electrons. The Morgan fingerprint density at radius 1 is 1.38 bits per heavy atom. The molecule has 0 atom stereocenters. The molecule has 0 bridgehead atoms. The van der Waals surface area contributed by atoms with E-state index < -0.39 is 11.8 Å². The van der Waals surface area contributed by atoms with Gasteiger partial charge in [0.1, 0.15) is 11.5 Å². The van der Waals surface area contributed by atoms with Gasteiger partial charge in [-0.2, -0.15) is 4.39 Å². The monoisotopic (exact) mass is 243 g/mol. The molecule has 6 heteroatoms. The zero-order chi connectivity index (χ0) is 11.9. The number of H-pyrrole nitrogens is 1. The number of rotatable bonds is 1. The predicted molar refractivity (Wildman–Crippen MR) is 58.1 cm³/mol. The number of aromatic nitrogens is 2. The number of imidazole rings is 1. The van der Waals surface area contributed by atoms with Crippen LogP contribution in [0.3, 0.4) is 0 Å². The van der Waals surface area contributed by atoms with E-state index in [2.05, 4.69) is 9.97 Å². The van der Waals surface area contributed by atoms with Crippen molar-refractivity contribution in [2.45, 2.75) is 6.92 Å². The lowest BCUT2D eigenvalue weighted by Gasteiger charge is -2.04. The first-order valence-corrected chi connectivity index (χ1v) is 4.84. The van der Waals surface area contributed by atoms with Crippen LogP contribution in [-0.2, 0) is 0 Å². The van der Waals surface area contributed by atoms with E-state index in [1.807, 2.05) is 0 Å². The first-order chi connectivity index (χ1) is 7.50. The van der Waals surface area contributed by atoms with Gasteiger partial charge < -0.3 is 10.7 Å². The zero-order valence-electron chi connectivity index (χ0n) is 8.31. The van der Waals surface area contributed by atoms with Crippen molar-refractivity contribution >= 4 is 17.3 Å². The number of aryl methyl sites for hydroxylation is 1. The SMILES string of the molecule is Cc1nc(F)c(-c2ccc(N)c(Cl)c2F)[nH]1. The molecule has 1 aromatic carbocycles. The van der Waals surface area contributed by atoms with E-state index in [1.54, 1.807) is 6.92 Å². The van der Waals surface area contributed by atoms with Crippen LogP contribution < -0.4 is 5.73 Å². The molecule has 1 aromatic heterocycles. The topological polar surface area (TPSA) is 54.7 Å². The Morgan fingerprint density at radius 3 is 2.62 bits per heavy atom. The van der Waals surface area contributed by atoms with Crippen LogP contribution in [-0.4, -0.2) is 9.97 Å². The van der Waals surface area contributed by atoms with Gasteiger partial charge in [-0.15, -0.1) is 0 Å². The minimum Gasteiger partial charge on any atom is -0.397 e. The van der Waals surface area contributed by atoms with E-state index in [-0.39, 0.29) is 22.0 Å². The van der Waals surface area contributed by atoms with Gasteiger partial charge in [0.25, 0.3) is 0 Å². The van der Waals surface area contributed by atoms with Crippen LogP contribution >= 0.6 is 11.6 Å². The quantitative estimate of drug-likeness (QED) is 0.757. The average Bonchev–Trinajstić information content (AvgIpc) is 2.55. The van der Waals surface area contributed by atoms with Gasteiger partial charge in [0.05, 0.1) is 10.7 Å². The van der Waals surface area contributed by atoms with Crippen LogP contribution in [0.25, 0.3) is 11.3 Å². The Morgan fingerprint density at radius 2 is 2.06 bits per heavy atom. The van der Waals surface area contributed by atoms with Crippen molar-refractivity contribution in [3.05, 3.63) is 34.7 Å². The fourth-order valence-corrected chi connectivity index (χ4v) is 1.56. The van der Waals surface area contributed by atoms with Crippen LogP contribution in [0.5, 0.6) is 0 Å². The maximum atomic E-state index is 13.7. The second-order valence-electron chi connectivity index (χ2n) is 3.32. The smallest absolute Gasteiger partial charge is 0.239 e. The molecule has 0 unspecified atom stereocenters. The summed E-state index contributed by atoms with van der Waals surface area (Å²) in [4.78, 5) is 6.14. The van der Waals surface area contributed by atoms with E-state index in [9.17, 15) is 8.78 Å². The summed E-state index contributed by atoms with van der Waals surface area (Å²) < 4.78 is 27.0. The van der Waals surface area contributed by atoms with E-state index >= 15 is 0 Å². The normalized spacial score (nSPS) is 10.8. The van der Waals surface area contributed by atoms with Gasteiger partial charge in [-0.25, -0.2) is 9.37 Å². The third-order valence-electron chi connectivity index (χ3n) is 2.16. The molecule has 0 amide bonds. The van der Waals surface area contributed by atoms with Crippen molar-refractivity contribution in [3.63, 3.8) is 0 Å². The van der Waals surface area contributed by atoms with Gasteiger partial charge in [-0.05, 0) is 19.1 Å². The fraction of sp³-hybridized carbons (Fsp3) is 0.100. The summed E-state index contributed by atoms with van der Waals surface area (Å²) in [5, 5.41) is -0.218. The zero-order valence-corrected chi connectivity index (χ0v) is 9.07. The molecule has 0 saturated heterocycles. The highest BCUT2D eigenvalue weighted by Crippen LogP contribution is 2.31. The molecule has 3 nitrogen and oxygen atoms in total. The largest absolute Gasteiger partial charge is 0.397 e. The summed E-state index contributed by atoms with van der Waals surface area (Å²) in [6, 6.07) is 2.77. The second kappa shape index (κ2) is 3.75. The lowest BCUT2D eigenvalue weighted by atomic mass is 10.1. The Labute approximate surface area is 95.3 Å². The number of nitrogens with two attached hydrogens (primary N) is 1. The van der Waals surface area contributed by atoms with Crippen LogP contribution in [0.4, 0.5) is 14.5 Å². The van der Waals surface area contributed by atoms with Gasteiger partial charge in [0.2, 0.25) is 5.95 Å². The maximum absolute atomic E-state index is 13.7. The number of nitrogens with zero attached hydrogens (tertiary/aromatic N) is 1. The highest BCUT2D eigenvalue weighted by Gasteiger charge is 2.17. The average molecular weight is 244 g/mol. The van der Waals surface area contributed by atoms with Crippen molar-refractivity contribution in [2.75, 3.05) is 5.73 Å². The maximum Gasteiger partial charge on any atom is 0.239 e. The van der Waals surface area contributed by atoms with Crippen LogP contribution in [0, 0.1) is 18.7 Å². The van der Waals surface area contributed by atoms with Crippen molar-refractivity contribution in [2.24, 2.45) is 0 Å². The fourth-order valence-electron chi connectivity index (χ4n) is 1.40. The number of halogens is 3. The molecule has 16 heavy (non-hydrogen) atoms. The number of hydrogen-bond donors (Lipinski definition) is 2. The van der Waals surface area contributed by atoms with E-state index in [0.29, 0.717) is 5.82 Å². The molecule has 1 heterocycles. The lowest BCUT2D eigenvalue weighted by molar-refractivity contribution is 0.588. The van der Waals surface area contributed by atoms with E-state index in [4.69, 9.17) is 17.3 Å². The Hall–Kier alpha value is -1.62. The summed E-state index contributed by atoms with van der Waals surface area (Å²) in [7, 11) is 0. The molecule has 0 aliphatic carbocycles. The van der Waals surface area contributed by atoms with Crippen LogP contribution in [0.1, 0.15) is 5.82 Å². The van der Waals surface area contributed by atoms with Crippen LogP contribution in [0.2, 0.25) is 5.02 Å². The highest BCUT2D eigenvalue weighted by molar-refractivity contribution is 6.33. The van der Waals surface area contributed by atoms with Crippen molar-refractivity contribution in [1.29, 1.82) is 0 Å². The molecule has 2 aromatic rings.